The Bertz CT molecular complexity index is 353. The van der Waals surface area contributed by atoms with E-state index < -0.39 is 5.41 Å². The number of hydrogen-bond acceptors (Lipinski definition) is 3. The molecule has 1 aliphatic heterocycles. The van der Waals surface area contributed by atoms with Crippen molar-refractivity contribution in [1.29, 1.82) is 0 Å². The molecule has 1 saturated heterocycles. The third-order valence-electron chi connectivity index (χ3n) is 4.26. The molecule has 1 amide bonds. The molecule has 2 unspecified atom stereocenters. The van der Waals surface area contributed by atoms with E-state index in [1.165, 1.54) is 0 Å². The SMILES string of the molecule is CC1CC(C(=O)NC2CCOCC2C)(C(N)=S)C1. The molecule has 5 heteroatoms. The van der Waals surface area contributed by atoms with Gasteiger partial charge in [0.15, 0.2) is 0 Å². The standard InChI is InChI=1S/C13H22N2O2S/c1-8-5-13(6-8,11(14)18)12(16)15-10-3-4-17-7-9(10)2/h8-10H,3-7H2,1-2H3,(H2,14,18)(H,15,16). The van der Waals surface area contributed by atoms with Gasteiger partial charge in [0.2, 0.25) is 5.91 Å². The zero-order valence-electron chi connectivity index (χ0n) is 11.1. The summed E-state index contributed by atoms with van der Waals surface area (Å²) in [6.07, 6.45) is 2.44. The lowest BCUT2D eigenvalue weighted by molar-refractivity contribution is -0.134. The van der Waals surface area contributed by atoms with Gasteiger partial charge in [0, 0.05) is 12.6 Å². The highest BCUT2D eigenvalue weighted by Crippen LogP contribution is 2.46. The number of ether oxygens (including phenoxy) is 1. The molecule has 3 N–H and O–H groups in total. The van der Waals surface area contributed by atoms with Gasteiger partial charge in [-0.3, -0.25) is 4.79 Å². The lowest BCUT2D eigenvalue weighted by Crippen LogP contribution is -2.59. The molecule has 2 atom stereocenters. The number of nitrogens with two attached hydrogens (primary N) is 1. The van der Waals surface area contributed by atoms with Crippen LogP contribution in [0, 0.1) is 17.3 Å². The average Bonchev–Trinajstić information content (AvgIpc) is 2.27. The van der Waals surface area contributed by atoms with Crippen molar-refractivity contribution < 1.29 is 9.53 Å². The molecular weight excluding hydrogens is 248 g/mol. The van der Waals surface area contributed by atoms with Gasteiger partial charge in [-0.05, 0) is 31.1 Å². The lowest BCUT2D eigenvalue weighted by Gasteiger charge is -2.45. The number of carbonyl (C=O) groups is 1. The summed E-state index contributed by atoms with van der Waals surface area (Å²) >= 11 is 5.10. The van der Waals surface area contributed by atoms with Gasteiger partial charge in [-0.25, -0.2) is 0 Å². The summed E-state index contributed by atoms with van der Waals surface area (Å²) < 4.78 is 5.38. The summed E-state index contributed by atoms with van der Waals surface area (Å²) in [5.41, 5.74) is 5.19. The first kappa shape index (κ1) is 13.7. The quantitative estimate of drug-likeness (QED) is 0.757. The van der Waals surface area contributed by atoms with Gasteiger partial charge in [-0.2, -0.15) is 0 Å². The van der Waals surface area contributed by atoms with E-state index in [0.29, 0.717) is 30.0 Å². The fourth-order valence-corrected chi connectivity index (χ4v) is 3.29. The molecule has 2 fully saturated rings. The number of nitrogens with one attached hydrogen (secondary N) is 1. The highest BCUT2D eigenvalue weighted by atomic mass is 32.1. The zero-order valence-corrected chi connectivity index (χ0v) is 11.9. The van der Waals surface area contributed by atoms with Crippen molar-refractivity contribution in [2.45, 2.75) is 39.2 Å². The van der Waals surface area contributed by atoms with E-state index in [4.69, 9.17) is 22.7 Å². The molecule has 1 heterocycles. The van der Waals surface area contributed by atoms with Crippen LogP contribution in [0.4, 0.5) is 0 Å². The van der Waals surface area contributed by atoms with Gasteiger partial charge in [0.25, 0.3) is 0 Å². The number of carbonyl (C=O) groups excluding carboxylic acids is 1. The number of thiocarbonyl (C=S) groups is 1. The second kappa shape index (κ2) is 5.13. The maximum Gasteiger partial charge on any atom is 0.233 e. The van der Waals surface area contributed by atoms with E-state index in [9.17, 15) is 4.79 Å². The maximum atomic E-state index is 12.4. The molecule has 0 aromatic carbocycles. The summed E-state index contributed by atoms with van der Waals surface area (Å²) in [6, 6.07) is 0.188. The minimum atomic E-state index is -0.591. The molecule has 4 nitrogen and oxygen atoms in total. The minimum absolute atomic E-state index is 0.0202. The van der Waals surface area contributed by atoms with Crippen LogP contribution in [-0.2, 0) is 9.53 Å². The zero-order chi connectivity index (χ0) is 13.3. The van der Waals surface area contributed by atoms with Crippen molar-refractivity contribution in [3.8, 4) is 0 Å². The Kier molecular flexibility index (Phi) is 3.92. The van der Waals surface area contributed by atoms with Crippen molar-refractivity contribution in [2.24, 2.45) is 23.0 Å². The second-order valence-electron chi connectivity index (χ2n) is 5.88. The Morgan fingerprint density at radius 1 is 1.44 bits per heavy atom. The van der Waals surface area contributed by atoms with Crippen molar-refractivity contribution in [2.75, 3.05) is 13.2 Å². The summed E-state index contributed by atoms with van der Waals surface area (Å²) in [4.78, 5) is 12.8. The van der Waals surface area contributed by atoms with Crippen LogP contribution in [-0.4, -0.2) is 30.2 Å². The van der Waals surface area contributed by atoms with E-state index in [2.05, 4.69) is 19.2 Å². The summed E-state index contributed by atoms with van der Waals surface area (Å²) in [5, 5.41) is 3.13. The Morgan fingerprint density at radius 2 is 2.11 bits per heavy atom. The summed E-state index contributed by atoms with van der Waals surface area (Å²) in [5.74, 6) is 0.903. The van der Waals surface area contributed by atoms with Crippen LogP contribution in [0.3, 0.4) is 0 Å². The Morgan fingerprint density at radius 3 is 2.61 bits per heavy atom. The monoisotopic (exact) mass is 270 g/mol. The molecule has 0 radical (unpaired) electrons. The molecule has 1 saturated carbocycles. The number of amides is 1. The topological polar surface area (TPSA) is 64.3 Å². The molecule has 0 spiro atoms. The van der Waals surface area contributed by atoms with Crippen LogP contribution in [0.2, 0.25) is 0 Å². The van der Waals surface area contributed by atoms with Crippen LogP contribution < -0.4 is 11.1 Å². The Balaban J connectivity index is 2.00. The average molecular weight is 270 g/mol. The molecule has 0 bridgehead atoms. The maximum absolute atomic E-state index is 12.4. The van der Waals surface area contributed by atoms with Crippen LogP contribution in [0.1, 0.15) is 33.1 Å². The minimum Gasteiger partial charge on any atom is -0.392 e. The van der Waals surface area contributed by atoms with E-state index in [0.717, 1.165) is 19.3 Å². The molecule has 2 aliphatic rings. The molecule has 102 valence electrons. The normalized spacial score (nSPS) is 39.8. The Labute approximate surface area is 114 Å². The van der Waals surface area contributed by atoms with Gasteiger partial charge in [0.1, 0.15) is 0 Å². The van der Waals surface area contributed by atoms with E-state index in [1.54, 1.807) is 0 Å². The second-order valence-corrected chi connectivity index (χ2v) is 6.32. The fraction of sp³-hybridized carbons (Fsp3) is 0.846. The first-order chi connectivity index (χ1) is 8.45. The Hall–Kier alpha value is -0.680. The predicted octanol–water partition coefficient (Wildman–Crippen LogP) is 1.23. The van der Waals surface area contributed by atoms with Crippen LogP contribution in [0.15, 0.2) is 0 Å². The van der Waals surface area contributed by atoms with E-state index in [1.807, 2.05) is 0 Å². The van der Waals surface area contributed by atoms with Crippen LogP contribution >= 0.6 is 12.2 Å². The molecule has 18 heavy (non-hydrogen) atoms. The van der Waals surface area contributed by atoms with Gasteiger partial charge in [-0.1, -0.05) is 26.1 Å². The van der Waals surface area contributed by atoms with E-state index >= 15 is 0 Å². The molecule has 1 aliphatic carbocycles. The smallest absolute Gasteiger partial charge is 0.233 e. The highest BCUT2D eigenvalue weighted by Gasteiger charge is 2.51. The molecule has 0 aromatic rings. The highest BCUT2D eigenvalue weighted by molar-refractivity contribution is 7.80. The third-order valence-corrected chi connectivity index (χ3v) is 4.65. The first-order valence-electron chi connectivity index (χ1n) is 6.64. The van der Waals surface area contributed by atoms with Gasteiger partial charge in [-0.15, -0.1) is 0 Å². The first-order valence-corrected chi connectivity index (χ1v) is 7.05. The van der Waals surface area contributed by atoms with Gasteiger partial charge >= 0.3 is 0 Å². The van der Waals surface area contributed by atoms with Crippen LogP contribution in [0.25, 0.3) is 0 Å². The van der Waals surface area contributed by atoms with Crippen molar-refractivity contribution in [1.82, 2.24) is 5.32 Å². The number of rotatable bonds is 3. The molecular formula is C13H22N2O2S. The largest absolute Gasteiger partial charge is 0.392 e. The van der Waals surface area contributed by atoms with Crippen LogP contribution in [0.5, 0.6) is 0 Å². The van der Waals surface area contributed by atoms with Crippen molar-refractivity contribution >= 4 is 23.1 Å². The van der Waals surface area contributed by atoms with E-state index in [-0.39, 0.29) is 11.9 Å². The number of hydrogen-bond donors (Lipinski definition) is 2. The van der Waals surface area contributed by atoms with Crippen molar-refractivity contribution in [3.05, 3.63) is 0 Å². The predicted molar refractivity (Wildman–Crippen MR) is 74.1 cm³/mol. The summed E-state index contributed by atoms with van der Waals surface area (Å²) in [7, 11) is 0. The van der Waals surface area contributed by atoms with Gasteiger partial charge < -0.3 is 15.8 Å². The lowest BCUT2D eigenvalue weighted by atomic mass is 9.62. The summed E-state index contributed by atoms with van der Waals surface area (Å²) in [6.45, 7) is 5.65. The van der Waals surface area contributed by atoms with Gasteiger partial charge in [0.05, 0.1) is 17.0 Å². The molecule has 2 rings (SSSR count). The third kappa shape index (κ3) is 2.38. The van der Waals surface area contributed by atoms with Crippen molar-refractivity contribution in [3.63, 3.8) is 0 Å². The molecule has 0 aromatic heterocycles. The fourth-order valence-electron chi connectivity index (χ4n) is 3.03.